The van der Waals surface area contributed by atoms with Crippen LogP contribution in [0.1, 0.15) is 23.7 Å². The molecule has 0 aliphatic heterocycles. The predicted octanol–water partition coefficient (Wildman–Crippen LogP) is 3.41. The zero-order valence-corrected chi connectivity index (χ0v) is 15.9. The molecule has 7 nitrogen and oxygen atoms in total. The van der Waals surface area contributed by atoms with Crippen molar-refractivity contribution in [3.63, 3.8) is 0 Å². The highest BCUT2D eigenvalue weighted by Gasteiger charge is 2.31. The van der Waals surface area contributed by atoms with Gasteiger partial charge in [-0.15, -0.1) is 13.2 Å². The third kappa shape index (κ3) is 5.74. The van der Waals surface area contributed by atoms with E-state index in [2.05, 4.69) is 10.5 Å². The Morgan fingerprint density at radius 2 is 1.90 bits per heavy atom. The number of nitrogens with two attached hydrogens (primary N) is 2. The van der Waals surface area contributed by atoms with Gasteiger partial charge in [0.05, 0.1) is 11.9 Å². The molecule has 3 aromatic rings. The van der Waals surface area contributed by atoms with Crippen molar-refractivity contribution in [3.8, 4) is 11.4 Å². The van der Waals surface area contributed by atoms with Crippen LogP contribution in [0.5, 0.6) is 5.75 Å². The molecule has 0 saturated heterocycles. The number of alkyl halides is 3. The van der Waals surface area contributed by atoms with Crippen molar-refractivity contribution < 1.29 is 32.6 Å². The van der Waals surface area contributed by atoms with E-state index in [1.165, 1.54) is 12.1 Å². The van der Waals surface area contributed by atoms with Gasteiger partial charge in [0, 0.05) is 28.9 Å². The number of fused-ring (bicyclic) bond motifs is 1. The van der Waals surface area contributed by atoms with E-state index in [0.717, 1.165) is 11.1 Å². The normalized spacial score (nSPS) is 12.0. The first-order chi connectivity index (χ1) is 14.1. The van der Waals surface area contributed by atoms with Crippen LogP contribution in [0.4, 0.5) is 13.2 Å². The Hall–Kier alpha value is -3.53. The predicted molar refractivity (Wildman–Crippen MR) is 104 cm³/mol. The smallest absolute Gasteiger partial charge is 0.481 e. The van der Waals surface area contributed by atoms with Crippen molar-refractivity contribution in [2.24, 2.45) is 11.5 Å². The average Bonchev–Trinajstić information content (AvgIpc) is 2.95. The molecule has 1 heterocycles. The number of ether oxygens (including phenoxy) is 1. The first kappa shape index (κ1) is 22.8. The molecule has 0 aliphatic rings. The maximum absolute atomic E-state index is 12.5. The van der Waals surface area contributed by atoms with E-state index in [9.17, 15) is 18.0 Å². The van der Waals surface area contributed by atoms with Crippen molar-refractivity contribution in [1.29, 1.82) is 0 Å². The third-order valence-corrected chi connectivity index (χ3v) is 4.14. The monoisotopic (exact) mass is 423 g/mol. The fourth-order valence-corrected chi connectivity index (χ4v) is 3.06. The number of carbonyl (C=O) groups is 2. The Bertz CT molecular complexity index is 1050. The molecule has 30 heavy (non-hydrogen) atoms. The Morgan fingerprint density at radius 1 is 1.23 bits per heavy atom. The molecule has 1 amide bonds. The summed E-state index contributed by atoms with van der Waals surface area (Å²) in [5.74, 6) is -1.32. The standard InChI is InChI=1S/C19H17F3N2O3.CH3NO/c1-11-7-13-5-6-15(27-19(20,21)22)9-17(13)24(11)14-4-2-3-12(8-14)16(23)10-18(25)26;2-1-3/h2-9,16H,10,23H2,1H3,(H,25,26);1H,(H2,2,3). The molecule has 1 unspecified atom stereocenters. The number of rotatable bonds is 5. The molecule has 5 N–H and O–H groups in total. The fraction of sp³-hybridized carbons (Fsp3) is 0.200. The molecule has 0 saturated carbocycles. The van der Waals surface area contributed by atoms with Crippen LogP contribution in [0.25, 0.3) is 16.6 Å². The number of aliphatic carboxylic acids is 1. The maximum Gasteiger partial charge on any atom is 0.573 e. The lowest BCUT2D eigenvalue weighted by molar-refractivity contribution is -0.274. The van der Waals surface area contributed by atoms with Gasteiger partial charge in [0.2, 0.25) is 6.41 Å². The molecule has 0 spiro atoms. The van der Waals surface area contributed by atoms with Gasteiger partial charge in [-0.3, -0.25) is 9.59 Å². The van der Waals surface area contributed by atoms with Crippen molar-refractivity contribution in [2.45, 2.75) is 25.7 Å². The second-order valence-electron chi connectivity index (χ2n) is 6.32. The van der Waals surface area contributed by atoms with Crippen LogP contribution in [0, 0.1) is 6.92 Å². The van der Waals surface area contributed by atoms with Crippen LogP contribution < -0.4 is 16.2 Å². The summed E-state index contributed by atoms with van der Waals surface area (Å²) in [5, 5.41) is 9.67. The number of benzene rings is 2. The summed E-state index contributed by atoms with van der Waals surface area (Å²) in [5.41, 5.74) is 12.7. The van der Waals surface area contributed by atoms with Crippen LogP contribution in [0.15, 0.2) is 48.5 Å². The van der Waals surface area contributed by atoms with Crippen LogP contribution in [0.2, 0.25) is 0 Å². The molecule has 10 heteroatoms. The molecule has 0 bridgehead atoms. The number of aromatic nitrogens is 1. The average molecular weight is 423 g/mol. The van der Waals surface area contributed by atoms with Gasteiger partial charge in [-0.25, -0.2) is 0 Å². The van der Waals surface area contributed by atoms with E-state index in [4.69, 9.17) is 15.6 Å². The maximum atomic E-state index is 12.5. The molecule has 2 aromatic carbocycles. The molecule has 160 valence electrons. The van der Waals surface area contributed by atoms with Crippen molar-refractivity contribution in [3.05, 3.63) is 59.8 Å². The molecule has 0 fully saturated rings. The number of nitrogens with zero attached hydrogens (tertiary/aromatic N) is 1. The number of aryl methyl sites for hydroxylation is 1. The number of amides is 1. The molecule has 0 radical (unpaired) electrons. The van der Waals surface area contributed by atoms with Crippen molar-refractivity contribution in [1.82, 2.24) is 4.57 Å². The molecule has 3 rings (SSSR count). The lowest BCUT2D eigenvalue weighted by Crippen LogP contribution is -2.17. The number of hydrogen-bond acceptors (Lipinski definition) is 4. The van der Waals surface area contributed by atoms with Gasteiger partial charge in [0.25, 0.3) is 0 Å². The van der Waals surface area contributed by atoms with Crippen molar-refractivity contribution in [2.75, 3.05) is 0 Å². The highest BCUT2D eigenvalue weighted by Crippen LogP contribution is 2.31. The van der Waals surface area contributed by atoms with Gasteiger partial charge in [-0.2, -0.15) is 0 Å². The molecule has 1 atom stereocenters. The minimum absolute atomic E-state index is 0.224. The lowest BCUT2D eigenvalue weighted by atomic mass is 10.0. The van der Waals surface area contributed by atoms with Gasteiger partial charge in [-0.1, -0.05) is 12.1 Å². The SMILES string of the molecule is Cc1cc2ccc(OC(F)(F)F)cc2n1-c1cccc(C(N)CC(=O)O)c1.NC=O. The zero-order valence-electron chi connectivity index (χ0n) is 15.9. The summed E-state index contributed by atoms with van der Waals surface area (Å²) in [6.07, 6.45) is -4.75. The second-order valence-corrected chi connectivity index (χ2v) is 6.32. The van der Waals surface area contributed by atoms with Gasteiger partial charge in [0.1, 0.15) is 5.75 Å². The molecule has 1 aromatic heterocycles. The lowest BCUT2D eigenvalue weighted by Gasteiger charge is -2.14. The van der Waals surface area contributed by atoms with E-state index in [1.807, 2.05) is 13.0 Å². The van der Waals surface area contributed by atoms with Gasteiger partial charge < -0.3 is 25.9 Å². The number of carbonyl (C=O) groups excluding carboxylic acids is 1. The van der Waals surface area contributed by atoms with Crippen LogP contribution in [-0.2, 0) is 9.59 Å². The van der Waals surface area contributed by atoms with E-state index >= 15 is 0 Å². The number of halogens is 3. The highest BCUT2D eigenvalue weighted by atomic mass is 19.4. The summed E-state index contributed by atoms with van der Waals surface area (Å²) in [4.78, 5) is 19.5. The topological polar surface area (TPSA) is 121 Å². The van der Waals surface area contributed by atoms with E-state index in [-0.39, 0.29) is 18.6 Å². The fourth-order valence-electron chi connectivity index (χ4n) is 3.06. The minimum Gasteiger partial charge on any atom is -0.481 e. The van der Waals surface area contributed by atoms with Crippen molar-refractivity contribution >= 4 is 23.3 Å². The summed E-state index contributed by atoms with van der Waals surface area (Å²) in [6.45, 7) is 1.83. The summed E-state index contributed by atoms with van der Waals surface area (Å²) in [6, 6.07) is 12.3. The summed E-state index contributed by atoms with van der Waals surface area (Å²) < 4.78 is 43.4. The summed E-state index contributed by atoms with van der Waals surface area (Å²) >= 11 is 0. The second kappa shape index (κ2) is 9.31. The van der Waals surface area contributed by atoms with Gasteiger partial charge in [0.15, 0.2) is 0 Å². The van der Waals surface area contributed by atoms with E-state index in [1.54, 1.807) is 34.9 Å². The Morgan fingerprint density at radius 3 is 2.50 bits per heavy atom. The Labute approximate surface area is 169 Å². The highest BCUT2D eigenvalue weighted by molar-refractivity contribution is 5.84. The van der Waals surface area contributed by atoms with Crippen LogP contribution in [-0.4, -0.2) is 28.4 Å². The minimum atomic E-state index is -4.77. The molecule has 0 aliphatic carbocycles. The summed E-state index contributed by atoms with van der Waals surface area (Å²) in [7, 11) is 0. The first-order valence-electron chi connectivity index (χ1n) is 8.66. The van der Waals surface area contributed by atoms with E-state index in [0.29, 0.717) is 16.8 Å². The molecular weight excluding hydrogens is 403 g/mol. The van der Waals surface area contributed by atoms with Crippen LogP contribution in [0.3, 0.4) is 0 Å². The number of carboxylic acid groups (broad SMARTS) is 1. The largest absolute Gasteiger partial charge is 0.573 e. The van der Waals surface area contributed by atoms with Crippen LogP contribution >= 0.6 is 0 Å². The van der Waals surface area contributed by atoms with Gasteiger partial charge in [-0.05, 0) is 42.8 Å². The Balaban J connectivity index is 0.00000101. The first-order valence-corrected chi connectivity index (χ1v) is 8.66. The number of carboxylic acids is 1. The third-order valence-electron chi connectivity index (χ3n) is 4.14. The zero-order chi connectivity index (χ0) is 22.5. The Kier molecular flexibility index (Phi) is 7.06. The quantitative estimate of drug-likeness (QED) is 0.543. The number of hydrogen-bond donors (Lipinski definition) is 3. The molecular formula is C20H20F3N3O4. The van der Waals surface area contributed by atoms with Gasteiger partial charge >= 0.3 is 12.3 Å². The number of primary amides is 1. The van der Waals surface area contributed by atoms with E-state index < -0.39 is 18.4 Å².